The highest BCUT2D eigenvalue weighted by Gasteiger charge is 2.38. The van der Waals surface area contributed by atoms with E-state index in [9.17, 15) is 19.2 Å². The van der Waals surface area contributed by atoms with Gasteiger partial charge in [0.25, 0.3) is 5.56 Å². The maximum Gasteiger partial charge on any atom is 0.329 e. The Morgan fingerprint density at radius 3 is 2.76 bits per heavy atom. The zero-order chi connectivity index (χ0) is 18.0. The van der Waals surface area contributed by atoms with Crippen LogP contribution in [0.2, 0.25) is 0 Å². The summed E-state index contributed by atoms with van der Waals surface area (Å²) >= 11 is 0. The van der Waals surface area contributed by atoms with Crippen molar-refractivity contribution in [3.05, 3.63) is 45.1 Å². The van der Waals surface area contributed by atoms with Crippen LogP contribution in [0.4, 0.5) is 0 Å². The van der Waals surface area contributed by atoms with Crippen LogP contribution < -0.4 is 16.6 Å². The van der Waals surface area contributed by atoms with E-state index in [-0.39, 0.29) is 13.0 Å². The number of amides is 1. The first kappa shape index (κ1) is 16.9. The third-order valence-corrected chi connectivity index (χ3v) is 4.19. The largest absolute Gasteiger partial charge is 0.481 e. The lowest BCUT2D eigenvalue weighted by Crippen LogP contribution is -2.52. The Morgan fingerprint density at radius 2 is 2.08 bits per heavy atom. The van der Waals surface area contributed by atoms with E-state index >= 15 is 0 Å². The Labute approximate surface area is 141 Å². The Bertz CT molecular complexity index is 939. The summed E-state index contributed by atoms with van der Waals surface area (Å²) in [6.07, 6.45) is 0.0652. The van der Waals surface area contributed by atoms with Gasteiger partial charge in [-0.3, -0.25) is 19.0 Å². The van der Waals surface area contributed by atoms with E-state index in [4.69, 9.17) is 9.84 Å². The maximum absolute atomic E-state index is 12.4. The van der Waals surface area contributed by atoms with Gasteiger partial charge >= 0.3 is 11.7 Å². The van der Waals surface area contributed by atoms with Crippen LogP contribution in [-0.4, -0.2) is 45.3 Å². The molecular formula is C16H17N3O6. The molecule has 3 rings (SSSR count). The summed E-state index contributed by atoms with van der Waals surface area (Å²) in [4.78, 5) is 50.4. The summed E-state index contributed by atoms with van der Waals surface area (Å²) in [6.45, 7) is -0.0849. The molecule has 1 fully saturated rings. The first-order chi connectivity index (χ1) is 11.9. The van der Waals surface area contributed by atoms with Crippen molar-refractivity contribution < 1.29 is 19.4 Å². The van der Waals surface area contributed by atoms with Crippen LogP contribution in [0, 0.1) is 0 Å². The van der Waals surface area contributed by atoms with Gasteiger partial charge in [-0.2, -0.15) is 0 Å². The van der Waals surface area contributed by atoms with E-state index in [2.05, 4.69) is 10.3 Å². The smallest absolute Gasteiger partial charge is 0.329 e. The lowest BCUT2D eigenvalue weighted by molar-refractivity contribution is -0.139. The summed E-state index contributed by atoms with van der Waals surface area (Å²) in [5, 5.41) is 11.9. The Kier molecular flexibility index (Phi) is 4.41. The van der Waals surface area contributed by atoms with Gasteiger partial charge in [0, 0.05) is 6.61 Å². The van der Waals surface area contributed by atoms with Gasteiger partial charge in [-0.15, -0.1) is 0 Å². The van der Waals surface area contributed by atoms with Gasteiger partial charge in [0.2, 0.25) is 5.91 Å². The van der Waals surface area contributed by atoms with Crippen molar-refractivity contribution in [1.82, 2.24) is 14.9 Å². The van der Waals surface area contributed by atoms with E-state index in [1.165, 1.54) is 0 Å². The topological polar surface area (TPSA) is 130 Å². The second-order valence-corrected chi connectivity index (χ2v) is 6.07. The van der Waals surface area contributed by atoms with Crippen molar-refractivity contribution in [2.75, 3.05) is 13.2 Å². The summed E-state index contributed by atoms with van der Waals surface area (Å²) in [5.74, 6) is -1.68. The van der Waals surface area contributed by atoms with Crippen LogP contribution in [0.15, 0.2) is 33.9 Å². The molecule has 0 aliphatic carbocycles. The monoisotopic (exact) mass is 347 g/mol. The van der Waals surface area contributed by atoms with Crippen molar-refractivity contribution in [2.45, 2.75) is 24.9 Å². The molecule has 9 nitrogen and oxygen atoms in total. The third kappa shape index (κ3) is 3.45. The number of carbonyl (C=O) groups is 2. The van der Waals surface area contributed by atoms with Gasteiger partial charge < -0.3 is 20.1 Å². The van der Waals surface area contributed by atoms with Crippen LogP contribution in [0.3, 0.4) is 0 Å². The number of carboxylic acids is 1. The van der Waals surface area contributed by atoms with Crippen molar-refractivity contribution in [3.8, 4) is 0 Å². The lowest BCUT2D eigenvalue weighted by atomic mass is 9.94. The first-order valence-electron chi connectivity index (χ1n) is 7.73. The number of nitrogens with zero attached hydrogens (tertiary/aromatic N) is 1. The zero-order valence-corrected chi connectivity index (χ0v) is 13.3. The Morgan fingerprint density at radius 1 is 1.32 bits per heavy atom. The number of aromatic nitrogens is 2. The standard InChI is InChI=1S/C16H17N3O6/c20-12(18-16(7-13(21)22)5-6-25-9-16)8-19-14(23)10-3-1-2-4-11(10)17-15(19)24/h1-4H,5-9H2,(H,17,24)(H,18,20)(H,21,22). The third-order valence-electron chi connectivity index (χ3n) is 4.19. The molecule has 1 amide bonds. The molecule has 1 atom stereocenters. The summed E-state index contributed by atoms with van der Waals surface area (Å²) < 4.78 is 6.00. The first-order valence-corrected chi connectivity index (χ1v) is 7.73. The fraction of sp³-hybridized carbons (Fsp3) is 0.375. The number of para-hydroxylation sites is 1. The number of hydrogen-bond donors (Lipinski definition) is 3. The van der Waals surface area contributed by atoms with Crippen LogP contribution >= 0.6 is 0 Å². The predicted molar refractivity (Wildman–Crippen MR) is 87.4 cm³/mol. The predicted octanol–water partition coefficient (Wildman–Crippen LogP) is -0.560. The quantitative estimate of drug-likeness (QED) is 0.665. The normalized spacial score (nSPS) is 19.8. The van der Waals surface area contributed by atoms with Crippen LogP contribution in [0.5, 0.6) is 0 Å². The molecule has 1 aliphatic heterocycles. The van der Waals surface area contributed by atoms with Crippen LogP contribution in [0.25, 0.3) is 10.9 Å². The fourth-order valence-corrected chi connectivity index (χ4v) is 3.00. The molecule has 1 saturated heterocycles. The van der Waals surface area contributed by atoms with Crippen LogP contribution in [-0.2, 0) is 20.9 Å². The molecule has 0 saturated carbocycles. The van der Waals surface area contributed by atoms with E-state index in [0.29, 0.717) is 23.9 Å². The Balaban J connectivity index is 1.86. The number of rotatable bonds is 5. The number of ether oxygens (including phenoxy) is 1. The molecule has 1 unspecified atom stereocenters. The number of fused-ring (bicyclic) bond motifs is 1. The number of hydrogen-bond acceptors (Lipinski definition) is 5. The van der Waals surface area contributed by atoms with Gasteiger partial charge in [-0.05, 0) is 18.6 Å². The fourth-order valence-electron chi connectivity index (χ4n) is 3.00. The van der Waals surface area contributed by atoms with Gasteiger partial charge in [0.15, 0.2) is 0 Å². The molecule has 3 N–H and O–H groups in total. The van der Waals surface area contributed by atoms with Crippen molar-refractivity contribution in [1.29, 1.82) is 0 Å². The highest BCUT2D eigenvalue weighted by molar-refractivity contribution is 5.80. The minimum atomic E-state index is -1.06. The second kappa shape index (κ2) is 6.52. The van der Waals surface area contributed by atoms with Gasteiger partial charge in [0.1, 0.15) is 6.54 Å². The Hall–Kier alpha value is -2.94. The molecule has 1 aromatic carbocycles. The lowest BCUT2D eigenvalue weighted by Gasteiger charge is -2.27. The molecule has 2 heterocycles. The van der Waals surface area contributed by atoms with Crippen molar-refractivity contribution >= 4 is 22.8 Å². The summed E-state index contributed by atoms with van der Waals surface area (Å²) in [5.41, 5.74) is -1.91. The van der Waals surface area contributed by atoms with Crippen molar-refractivity contribution in [2.24, 2.45) is 0 Å². The van der Waals surface area contributed by atoms with Gasteiger partial charge in [0.05, 0.1) is 29.5 Å². The highest BCUT2D eigenvalue weighted by Crippen LogP contribution is 2.22. The number of carboxylic acid groups (broad SMARTS) is 1. The molecule has 1 aromatic heterocycles. The van der Waals surface area contributed by atoms with Gasteiger partial charge in [-0.1, -0.05) is 12.1 Å². The van der Waals surface area contributed by atoms with Crippen molar-refractivity contribution in [3.63, 3.8) is 0 Å². The molecule has 2 aromatic rings. The van der Waals surface area contributed by atoms with E-state index < -0.39 is 35.2 Å². The van der Waals surface area contributed by atoms with E-state index in [1.807, 2.05) is 0 Å². The zero-order valence-electron chi connectivity index (χ0n) is 13.3. The number of carbonyl (C=O) groups excluding carboxylic acids is 1. The molecule has 25 heavy (non-hydrogen) atoms. The molecule has 1 aliphatic rings. The molecular weight excluding hydrogens is 330 g/mol. The maximum atomic E-state index is 12.4. The minimum absolute atomic E-state index is 0.0774. The second-order valence-electron chi connectivity index (χ2n) is 6.07. The number of benzene rings is 1. The van der Waals surface area contributed by atoms with E-state index in [1.54, 1.807) is 24.3 Å². The average molecular weight is 347 g/mol. The number of aliphatic carboxylic acids is 1. The molecule has 132 valence electrons. The number of nitrogens with one attached hydrogen (secondary N) is 2. The summed E-state index contributed by atoms with van der Waals surface area (Å²) in [6, 6.07) is 6.49. The van der Waals surface area contributed by atoms with Crippen LogP contribution in [0.1, 0.15) is 12.8 Å². The molecule has 0 radical (unpaired) electrons. The highest BCUT2D eigenvalue weighted by atomic mass is 16.5. The number of aromatic amines is 1. The molecule has 0 bridgehead atoms. The number of H-pyrrole nitrogens is 1. The average Bonchev–Trinajstić information content (AvgIpc) is 2.98. The molecule has 9 heteroatoms. The SMILES string of the molecule is O=C(O)CC1(NC(=O)Cn2c(=O)[nH]c3ccccc3c2=O)CCOC1. The van der Waals surface area contributed by atoms with Gasteiger partial charge in [-0.25, -0.2) is 4.79 Å². The minimum Gasteiger partial charge on any atom is -0.481 e. The summed E-state index contributed by atoms with van der Waals surface area (Å²) in [7, 11) is 0. The van der Waals surface area contributed by atoms with E-state index in [0.717, 1.165) is 4.57 Å². The molecule has 0 spiro atoms.